The second-order valence-corrected chi connectivity index (χ2v) is 9.99. The molecule has 0 amide bonds. The smallest absolute Gasteiger partial charge is 0.323 e. The van der Waals surface area contributed by atoms with Crippen LogP contribution in [0.3, 0.4) is 0 Å². The second-order valence-electron chi connectivity index (χ2n) is 8.47. The number of ether oxygens (including phenoxy) is 1. The van der Waals surface area contributed by atoms with Gasteiger partial charge < -0.3 is 4.74 Å². The van der Waals surface area contributed by atoms with E-state index in [2.05, 4.69) is 24.3 Å². The molecule has 1 atom stereocenters. The molecule has 0 spiro atoms. The van der Waals surface area contributed by atoms with E-state index in [1.54, 1.807) is 18.2 Å². The van der Waals surface area contributed by atoms with E-state index in [0.717, 1.165) is 5.56 Å². The molecule has 4 rings (SSSR count). The van der Waals surface area contributed by atoms with Gasteiger partial charge in [0.25, 0.3) is 0 Å². The van der Waals surface area contributed by atoms with Crippen molar-refractivity contribution in [1.82, 2.24) is 0 Å². The van der Waals surface area contributed by atoms with Crippen LogP contribution in [-0.4, -0.2) is 8.42 Å². The maximum Gasteiger partial charge on any atom is 0.323 e. The number of rotatable bonds is 10. The van der Waals surface area contributed by atoms with Crippen LogP contribution in [0.4, 0.5) is 0 Å². The van der Waals surface area contributed by atoms with Crippen LogP contribution in [0, 0.1) is 5.92 Å². The molecule has 0 aromatic heterocycles. The first-order valence-corrected chi connectivity index (χ1v) is 13.2. The highest BCUT2D eigenvalue weighted by atomic mass is 32.2. The highest BCUT2D eigenvalue weighted by molar-refractivity contribution is 7.86. The van der Waals surface area contributed by atoms with E-state index in [-0.39, 0.29) is 10.8 Å². The van der Waals surface area contributed by atoms with Crippen LogP contribution in [0.5, 0.6) is 0 Å². The summed E-state index contributed by atoms with van der Waals surface area (Å²) in [5.74, 6) is 0.0679. The fourth-order valence-corrected chi connectivity index (χ4v) is 4.11. The van der Waals surface area contributed by atoms with Gasteiger partial charge in [-0.15, -0.1) is 4.33 Å². The molecule has 0 N–H and O–H groups in total. The minimum Gasteiger partial charge on any atom is -0.372 e. The van der Waals surface area contributed by atoms with Crippen LogP contribution < -0.4 is 0 Å². The van der Waals surface area contributed by atoms with Crippen LogP contribution in [-0.2, 0) is 37.3 Å². The molecule has 188 valence electrons. The van der Waals surface area contributed by atoms with Gasteiger partial charge in [0.05, 0.1) is 18.1 Å². The van der Waals surface area contributed by atoms with Crippen molar-refractivity contribution in [3.8, 4) is 0 Å². The zero-order chi connectivity index (χ0) is 25.6. The molecule has 0 saturated carbocycles. The Labute approximate surface area is 214 Å². The Bertz CT molecular complexity index is 1190. The van der Waals surface area contributed by atoms with Crippen molar-refractivity contribution in [2.75, 3.05) is 0 Å². The normalized spacial score (nSPS) is 12.0. The van der Waals surface area contributed by atoms with Crippen molar-refractivity contribution in [3.63, 3.8) is 0 Å². The second kappa shape index (κ2) is 14.3. The molecule has 0 aliphatic carbocycles. The summed E-state index contributed by atoms with van der Waals surface area (Å²) in [6.45, 7) is 5.23. The lowest BCUT2D eigenvalue weighted by atomic mass is 9.99. The van der Waals surface area contributed by atoms with Crippen LogP contribution in [0.2, 0.25) is 0 Å². The van der Waals surface area contributed by atoms with Crippen LogP contribution >= 0.6 is 0 Å². The van der Waals surface area contributed by atoms with Crippen molar-refractivity contribution < 1.29 is 22.4 Å². The molecule has 0 aliphatic rings. The SMILES string of the molecule is CC(C)C(OOS(=O)(=O)c1ccccc1)c1ccccc1.c1ccc(COCc2ccccc2)cc1. The van der Waals surface area contributed by atoms with Gasteiger partial charge in [-0.1, -0.05) is 123 Å². The summed E-state index contributed by atoms with van der Waals surface area (Å²) in [5.41, 5.74) is 3.30. The van der Waals surface area contributed by atoms with E-state index in [1.807, 2.05) is 80.6 Å². The zero-order valence-electron chi connectivity index (χ0n) is 20.6. The van der Waals surface area contributed by atoms with E-state index in [9.17, 15) is 8.42 Å². The third-order valence-electron chi connectivity index (χ3n) is 5.22. The Kier molecular flexibility index (Phi) is 10.9. The van der Waals surface area contributed by atoms with Gasteiger partial charge in [0, 0.05) is 0 Å². The number of benzene rings is 4. The van der Waals surface area contributed by atoms with Crippen molar-refractivity contribution in [2.24, 2.45) is 5.92 Å². The topological polar surface area (TPSA) is 61.8 Å². The van der Waals surface area contributed by atoms with Crippen LogP contribution in [0.15, 0.2) is 126 Å². The summed E-state index contributed by atoms with van der Waals surface area (Å²) in [4.78, 5) is 5.29. The summed E-state index contributed by atoms with van der Waals surface area (Å²) in [5, 5.41) is 0. The summed E-state index contributed by atoms with van der Waals surface area (Å²) in [6, 6.07) is 37.8. The first-order valence-electron chi connectivity index (χ1n) is 11.8. The molecular weight excluding hydrogens is 472 g/mol. The van der Waals surface area contributed by atoms with Gasteiger partial charge in [-0.3, -0.25) is 0 Å². The Morgan fingerprint density at radius 2 is 1.03 bits per heavy atom. The number of hydrogen-bond acceptors (Lipinski definition) is 5. The maximum absolute atomic E-state index is 12.0. The van der Waals surface area contributed by atoms with Gasteiger partial charge >= 0.3 is 10.1 Å². The minimum absolute atomic E-state index is 0.0679. The van der Waals surface area contributed by atoms with Crippen LogP contribution in [0.1, 0.15) is 36.6 Å². The quantitative estimate of drug-likeness (QED) is 0.170. The average molecular weight is 505 g/mol. The summed E-state index contributed by atoms with van der Waals surface area (Å²) in [6.07, 6.45) is -0.454. The highest BCUT2D eigenvalue weighted by Gasteiger charge is 2.23. The lowest BCUT2D eigenvalue weighted by Crippen LogP contribution is -2.15. The van der Waals surface area contributed by atoms with Gasteiger partial charge in [0.1, 0.15) is 6.10 Å². The first-order chi connectivity index (χ1) is 17.5. The third kappa shape index (κ3) is 9.06. The molecule has 6 heteroatoms. The monoisotopic (exact) mass is 504 g/mol. The molecule has 0 fully saturated rings. The Hall–Kier alpha value is -3.29. The van der Waals surface area contributed by atoms with Crippen molar-refractivity contribution in [3.05, 3.63) is 138 Å². The average Bonchev–Trinajstić information content (AvgIpc) is 2.91. The van der Waals surface area contributed by atoms with E-state index in [1.165, 1.54) is 23.3 Å². The fourth-order valence-electron chi connectivity index (χ4n) is 3.35. The summed E-state index contributed by atoms with van der Waals surface area (Å²) < 4.78 is 34.5. The van der Waals surface area contributed by atoms with E-state index in [4.69, 9.17) is 14.0 Å². The molecule has 0 heterocycles. The van der Waals surface area contributed by atoms with E-state index >= 15 is 0 Å². The summed E-state index contributed by atoms with van der Waals surface area (Å²) >= 11 is 0. The van der Waals surface area contributed by atoms with Crippen molar-refractivity contribution >= 4 is 10.1 Å². The largest absolute Gasteiger partial charge is 0.372 e. The molecular formula is C30H32O5S. The molecule has 0 saturated heterocycles. The lowest BCUT2D eigenvalue weighted by molar-refractivity contribution is -0.254. The van der Waals surface area contributed by atoms with E-state index < -0.39 is 16.2 Å². The van der Waals surface area contributed by atoms with Crippen molar-refractivity contribution in [2.45, 2.75) is 38.1 Å². The Balaban J connectivity index is 0.000000212. The Morgan fingerprint density at radius 1 is 0.611 bits per heavy atom. The van der Waals surface area contributed by atoms with Gasteiger partial charge in [0.2, 0.25) is 0 Å². The first kappa shape index (κ1) is 27.3. The predicted octanol–water partition coefficient (Wildman–Crippen LogP) is 7.12. The van der Waals surface area contributed by atoms with Gasteiger partial charge in [0.15, 0.2) is 0 Å². The standard InChI is InChI=1S/C16H18O4S.C14H14O/c1-13(2)16(14-9-5-3-6-10-14)19-20-21(17,18)15-11-7-4-8-12-15;1-3-7-13(8-4-1)11-15-12-14-9-5-2-6-10-14/h3-13,16H,1-2H3;1-10H,11-12H2. The molecule has 5 nitrogen and oxygen atoms in total. The van der Waals surface area contributed by atoms with E-state index in [0.29, 0.717) is 13.2 Å². The molecule has 0 radical (unpaired) electrons. The predicted molar refractivity (Wildman–Crippen MR) is 141 cm³/mol. The lowest BCUT2D eigenvalue weighted by Gasteiger charge is -2.20. The van der Waals surface area contributed by atoms with Gasteiger partial charge in [-0.25, -0.2) is 4.89 Å². The molecule has 0 aliphatic heterocycles. The fraction of sp³-hybridized carbons (Fsp3) is 0.200. The molecule has 0 bridgehead atoms. The van der Waals surface area contributed by atoms with Crippen molar-refractivity contribution in [1.29, 1.82) is 0 Å². The molecule has 1 unspecified atom stereocenters. The highest BCUT2D eigenvalue weighted by Crippen LogP contribution is 2.27. The molecule has 36 heavy (non-hydrogen) atoms. The van der Waals surface area contributed by atoms with Crippen LogP contribution in [0.25, 0.3) is 0 Å². The zero-order valence-corrected chi connectivity index (χ0v) is 21.4. The molecule has 4 aromatic rings. The van der Waals surface area contributed by atoms with Gasteiger partial charge in [-0.05, 0) is 34.7 Å². The number of hydrogen-bond donors (Lipinski definition) is 0. The maximum atomic E-state index is 12.0. The molecule has 4 aromatic carbocycles. The van der Waals surface area contributed by atoms with Gasteiger partial charge in [-0.2, -0.15) is 8.42 Å². The Morgan fingerprint density at radius 3 is 1.47 bits per heavy atom. The minimum atomic E-state index is -3.92. The third-order valence-corrected chi connectivity index (χ3v) is 6.33. The summed E-state index contributed by atoms with van der Waals surface area (Å²) in [7, 11) is -3.92.